The van der Waals surface area contributed by atoms with E-state index < -0.39 is 23.3 Å². The van der Waals surface area contributed by atoms with Crippen LogP contribution in [0.1, 0.15) is 26.7 Å². The number of aliphatic carboxylic acids is 1. The highest BCUT2D eigenvalue weighted by Crippen LogP contribution is 2.24. The maximum absolute atomic E-state index is 13.8. The molecule has 1 amide bonds. The molecule has 0 fully saturated rings. The SMILES string of the molecule is CCn1cc(F)cc(N(C)N2CCC(C)=C(CC(=O)O)C2=O)c1=O. The van der Waals surface area contributed by atoms with Gasteiger partial charge in [-0.2, -0.15) is 0 Å². The molecular formula is C16H20FN3O4. The lowest BCUT2D eigenvalue weighted by Crippen LogP contribution is -2.50. The monoisotopic (exact) mass is 337 g/mol. The van der Waals surface area contributed by atoms with E-state index in [1.54, 1.807) is 13.8 Å². The van der Waals surface area contributed by atoms with Crippen LogP contribution in [0.15, 0.2) is 28.2 Å². The molecule has 0 radical (unpaired) electrons. The summed E-state index contributed by atoms with van der Waals surface area (Å²) in [6, 6.07) is 1.07. The van der Waals surface area contributed by atoms with E-state index in [2.05, 4.69) is 0 Å². The van der Waals surface area contributed by atoms with Crippen LogP contribution in [0.4, 0.5) is 10.1 Å². The average molecular weight is 337 g/mol. The third kappa shape index (κ3) is 3.32. The van der Waals surface area contributed by atoms with Crippen LogP contribution < -0.4 is 10.6 Å². The molecule has 0 spiro atoms. The molecule has 2 rings (SSSR count). The second-order valence-corrected chi connectivity index (χ2v) is 5.67. The molecule has 0 atom stereocenters. The summed E-state index contributed by atoms with van der Waals surface area (Å²) >= 11 is 0. The summed E-state index contributed by atoms with van der Waals surface area (Å²) in [5.41, 5.74) is 0.532. The summed E-state index contributed by atoms with van der Waals surface area (Å²) in [5.74, 6) is -2.16. The first kappa shape index (κ1) is 17.7. The van der Waals surface area contributed by atoms with Crippen molar-refractivity contribution < 1.29 is 19.1 Å². The number of carbonyl (C=O) groups excluding carboxylic acids is 1. The van der Waals surface area contributed by atoms with Gasteiger partial charge in [0, 0.05) is 38.0 Å². The third-order valence-corrected chi connectivity index (χ3v) is 4.12. The van der Waals surface area contributed by atoms with Gasteiger partial charge in [-0.25, -0.2) is 9.40 Å². The van der Waals surface area contributed by atoms with Gasteiger partial charge in [-0.05, 0) is 20.3 Å². The number of halogens is 1. The predicted octanol–water partition coefficient (Wildman–Crippen LogP) is 1.38. The molecule has 0 unspecified atom stereocenters. The number of amides is 1. The molecular weight excluding hydrogens is 317 g/mol. The van der Waals surface area contributed by atoms with Crippen molar-refractivity contribution in [3.63, 3.8) is 0 Å². The number of carboxylic acids is 1. The van der Waals surface area contributed by atoms with Crippen LogP contribution in [0.2, 0.25) is 0 Å². The fourth-order valence-corrected chi connectivity index (χ4v) is 2.71. The van der Waals surface area contributed by atoms with Crippen molar-refractivity contribution in [2.24, 2.45) is 0 Å². The van der Waals surface area contributed by atoms with Gasteiger partial charge in [0.05, 0.1) is 6.42 Å². The van der Waals surface area contributed by atoms with Gasteiger partial charge >= 0.3 is 5.97 Å². The van der Waals surface area contributed by atoms with Gasteiger partial charge in [-0.15, -0.1) is 0 Å². The molecule has 2 heterocycles. The fraction of sp³-hybridized carbons (Fsp3) is 0.438. The van der Waals surface area contributed by atoms with Crippen LogP contribution in [0.3, 0.4) is 0 Å². The maximum atomic E-state index is 13.8. The highest BCUT2D eigenvalue weighted by molar-refractivity contribution is 5.99. The minimum Gasteiger partial charge on any atom is -0.481 e. The summed E-state index contributed by atoms with van der Waals surface area (Å²) in [6.45, 7) is 4.04. The van der Waals surface area contributed by atoms with E-state index in [0.717, 1.165) is 17.8 Å². The van der Waals surface area contributed by atoms with Crippen molar-refractivity contribution >= 4 is 17.6 Å². The summed E-state index contributed by atoms with van der Waals surface area (Å²) in [4.78, 5) is 35.9. The first-order valence-electron chi connectivity index (χ1n) is 7.62. The lowest BCUT2D eigenvalue weighted by Gasteiger charge is -2.37. The molecule has 0 saturated carbocycles. The lowest BCUT2D eigenvalue weighted by molar-refractivity contribution is -0.138. The Hall–Kier alpha value is -2.64. The smallest absolute Gasteiger partial charge is 0.308 e. The minimum atomic E-state index is -1.10. The molecule has 7 nitrogen and oxygen atoms in total. The highest BCUT2D eigenvalue weighted by Gasteiger charge is 2.30. The second-order valence-electron chi connectivity index (χ2n) is 5.67. The summed E-state index contributed by atoms with van der Waals surface area (Å²) in [6.07, 6.45) is 1.23. The molecule has 0 aliphatic carbocycles. The van der Waals surface area contributed by atoms with Gasteiger partial charge in [0.2, 0.25) is 0 Å². The number of nitrogens with zero attached hydrogens (tertiary/aromatic N) is 3. The van der Waals surface area contributed by atoms with Crippen molar-refractivity contribution in [1.29, 1.82) is 0 Å². The molecule has 1 aliphatic rings. The van der Waals surface area contributed by atoms with E-state index in [1.165, 1.54) is 21.6 Å². The first-order valence-corrected chi connectivity index (χ1v) is 7.62. The Labute approximate surface area is 138 Å². The molecule has 130 valence electrons. The van der Waals surface area contributed by atoms with Crippen molar-refractivity contribution in [2.45, 2.75) is 33.2 Å². The standard InChI is InChI=1S/C16H20FN3O4/c1-4-19-9-11(17)7-13(16(19)24)18(3)20-6-5-10(2)12(15(20)23)8-14(21)22/h7,9H,4-6,8H2,1-3H3,(H,21,22). The molecule has 1 aromatic rings. The number of hydrogen-bond donors (Lipinski definition) is 1. The number of hydrazine groups is 1. The van der Waals surface area contributed by atoms with Gasteiger partial charge < -0.3 is 9.67 Å². The van der Waals surface area contributed by atoms with E-state index in [4.69, 9.17) is 5.11 Å². The topological polar surface area (TPSA) is 82.8 Å². The van der Waals surface area contributed by atoms with Crippen molar-refractivity contribution in [3.8, 4) is 0 Å². The van der Waals surface area contributed by atoms with Crippen LogP contribution in [0.5, 0.6) is 0 Å². The summed E-state index contributed by atoms with van der Waals surface area (Å²) < 4.78 is 15.0. The fourth-order valence-electron chi connectivity index (χ4n) is 2.71. The number of rotatable bonds is 5. The average Bonchev–Trinajstić information content (AvgIpc) is 2.52. The van der Waals surface area contributed by atoms with Crippen molar-refractivity contribution in [2.75, 3.05) is 18.6 Å². The van der Waals surface area contributed by atoms with Crippen LogP contribution >= 0.6 is 0 Å². The Bertz CT molecular complexity index is 769. The molecule has 1 aliphatic heterocycles. The van der Waals surface area contributed by atoms with Gasteiger partial charge in [0.25, 0.3) is 11.5 Å². The molecule has 0 bridgehead atoms. The third-order valence-electron chi connectivity index (χ3n) is 4.12. The largest absolute Gasteiger partial charge is 0.481 e. The number of pyridine rings is 1. The Morgan fingerprint density at radius 1 is 1.42 bits per heavy atom. The Balaban J connectivity index is 2.39. The number of anilines is 1. The molecule has 8 heteroatoms. The molecule has 1 aromatic heterocycles. The molecule has 0 aromatic carbocycles. The van der Waals surface area contributed by atoms with Crippen molar-refractivity contribution in [1.82, 2.24) is 9.58 Å². The second kappa shape index (κ2) is 6.86. The molecule has 24 heavy (non-hydrogen) atoms. The number of carboxylic acid groups (broad SMARTS) is 1. The first-order chi connectivity index (χ1) is 11.3. The zero-order valence-electron chi connectivity index (χ0n) is 13.9. The van der Waals surface area contributed by atoms with Crippen molar-refractivity contribution in [3.05, 3.63) is 39.6 Å². The summed E-state index contributed by atoms with van der Waals surface area (Å²) in [7, 11) is 1.49. The van der Waals surface area contributed by atoms with E-state index >= 15 is 0 Å². The highest BCUT2D eigenvalue weighted by atomic mass is 19.1. The Morgan fingerprint density at radius 2 is 2.08 bits per heavy atom. The van der Waals surface area contributed by atoms with E-state index in [-0.39, 0.29) is 17.7 Å². The quantitative estimate of drug-likeness (QED) is 0.878. The molecule has 1 N–H and O–H groups in total. The minimum absolute atomic E-state index is 0.0272. The number of aryl methyl sites for hydroxylation is 1. The van der Waals surface area contributed by atoms with Crippen LogP contribution in [-0.2, 0) is 16.1 Å². The number of aromatic nitrogens is 1. The predicted molar refractivity (Wildman–Crippen MR) is 86.0 cm³/mol. The van der Waals surface area contributed by atoms with Gasteiger partial charge in [0.15, 0.2) is 0 Å². The van der Waals surface area contributed by atoms with Crippen LogP contribution in [0, 0.1) is 5.82 Å². The Kier molecular flexibility index (Phi) is 5.06. The number of hydrogen-bond acceptors (Lipinski definition) is 4. The van der Waals surface area contributed by atoms with E-state index in [0.29, 0.717) is 19.5 Å². The van der Waals surface area contributed by atoms with Gasteiger partial charge in [0.1, 0.15) is 11.5 Å². The Morgan fingerprint density at radius 3 is 2.67 bits per heavy atom. The van der Waals surface area contributed by atoms with Gasteiger partial charge in [-0.1, -0.05) is 5.57 Å². The number of carbonyl (C=O) groups is 2. The lowest BCUT2D eigenvalue weighted by atomic mass is 9.99. The van der Waals surface area contributed by atoms with Crippen LogP contribution in [-0.4, -0.2) is 40.2 Å². The van der Waals surface area contributed by atoms with E-state index in [9.17, 15) is 18.8 Å². The zero-order valence-corrected chi connectivity index (χ0v) is 13.9. The van der Waals surface area contributed by atoms with Gasteiger partial charge in [-0.3, -0.25) is 19.4 Å². The molecule has 0 saturated heterocycles. The zero-order chi connectivity index (χ0) is 18.0. The normalized spacial score (nSPS) is 15.0. The van der Waals surface area contributed by atoms with Crippen LogP contribution in [0.25, 0.3) is 0 Å². The maximum Gasteiger partial charge on any atom is 0.308 e. The summed E-state index contributed by atoms with van der Waals surface area (Å²) in [5, 5.41) is 11.5. The van der Waals surface area contributed by atoms with E-state index in [1.807, 2.05) is 0 Å².